The molecule has 0 aromatic heterocycles. The van der Waals surface area contributed by atoms with Crippen LogP contribution in [0.15, 0.2) is 48.5 Å². The minimum absolute atomic E-state index is 0.247. The number of phenolic OH excluding ortho intramolecular Hbond substituents is 1. The maximum atomic E-state index is 10.3. The van der Waals surface area contributed by atoms with Crippen molar-refractivity contribution in [2.45, 2.75) is 0 Å². The van der Waals surface area contributed by atoms with E-state index >= 15 is 0 Å². The quantitative estimate of drug-likeness (QED) is 0.772. The third kappa shape index (κ3) is 2.02. The van der Waals surface area contributed by atoms with Crippen LogP contribution in [0.25, 0.3) is 11.1 Å². The zero-order valence-electron chi connectivity index (χ0n) is 7.97. The van der Waals surface area contributed by atoms with Crippen molar-refractivity contribution >= 4 is 5.69 Å². The first-order valence-corrected chi connectivity index (χ1v) is 4.57. The van der Waals surface area contributed by atoms with Gasteiger partial charge < -0.3 is 5.11 Å². The van der Waals surface area contributed by atoms with Crippen LogP contribution in [0, 0.1) is 4.91 Å². The van der Waals surface area contributed by atoms with E-state index in [2.05, 4.69) is 0 Å². The van der Waals surface area contributed by atoms with Crippen molar-refractivity contribution in [1.29, 1.82) is 0 Å². The van der Waals surface area contributed by atoms with Gasteiger partial charge in [-0.2, -0.15) is 0 Å². The van der Waals surface area contributed by atoms with E-state index in [0.717, 1.165) is 11.1 Å². The molecule has 2 rings (SSSR count). The highest BCUT2D eigenvalue weighted by Gasteiger charge is 2.00. The second-order valence-electron chi connectivity index (χ2n) is 3.23. The lowest BCUT2D eigenvalue weighted by Crippen LogP contribution is -2.55. The van der Waals surface area contributed by atoms with Crippen LogP contribution in [0.1, 0.15) is 0 Å². The fourth-order valence-electron chi connectivity index (χ4n) is 1.38. The summed E-state index contributed by atoms with van der Waals surface area (Å²) < 4.78 is 0. The van der Waals surface area contributed by atoms with Gasteiger partial charge in [0.2, 0.25) is 0 Å². The number of phenols is 1. The Morgan fingerprint density at radius 2 is 1.27 bits per heavy atom. The smallest absolute Gasteiger partial charge is 0.253 e. The van der Waals surface area contributed by atoms with E-state index in [-0.39, 0.29) is 5.75 Å². The molecule has 0 heterocycles. The average Bonchev–Trinajstić information content (AvgIpc) is 2.30. The number of aromatic hydroxyl groups is 1. The van der Waals surface area contributed by atoms with Crippen molar-refractivity contribution in [1.82, 2.24) is 0 Å². The molecule has 74 valence electrons. The minimum atomic E-state index is 0.247. The monoisotopic (exact) mass is 200 g/mol. The van der Waals surface area contributed by atoms with Crippen molar-refractivity contribution in [2.75, 3.05) is 0 Å². The first-order valence-electron chi connectivity index (χ1n) is 4.57. The van der Waals surface area contributed by atoms with Crippen LogP contribution in [-0.4, -0.2) is 5.11 Å². The average molecular weight is 200 g/mol. The maximum absolute atomic E-state index is 10.3. The van der Waals surface area contributed by atoms with Crippen LogP contribution >= 0.6 is 0 Å². The lowest BCUT2D eigenvalue weighted by atomic mass is 10.1. The van der Waals surface area contributed by atoms with Crippen molar-refractivity contribution in [2.24, 2.45) is 0 Å². The van der Waals surface area contributed by atoms with E-state index < -0.39 is 0 Å². The molecule has 0 aliphatic carbocycles. The molecule has 0 aliphatic heterocycles. The lowest BCUT2D eigenvalue weighted by molar-refractivity contribution is -0.379. The van der Waals surface area contributed by atoms with Gasteiger partial charge >= 0.3 is 0 Å². The predicted molar refractivity (Wildman–Crippen MR) is 57.5 cm³/mol. The van der Waals surface area contributed by atoms with Crippen molar-refractivity contribution in [3.63, 3.8) is 0 Å². The highest BCUT2D eigenvalue weighted by atomic mass is 16.3. The zero-order valence-corrected chi connectivity index (χ0v) is 7.97. The van der Waals surface area contributed by atoms with Gasteiger partial charge in [-0.3, -0.25) is 0 Å². The Kier molecular flexibility index (Phi) is 2.46. The van der Waals surface area contributed by atoms with Gasteiger partial charge in [0, 0.05) is 22.2 Å². The van der Waals surface area contributed by atoms with Gasteiger partial charge in [-0.1, -0.05) is 12.1 Å². The Balaban J connectivity index is 2.37. The molecule has 2 aromatic rings. The number of rotatable bonds is 2. The van der Waals surface area contributed by atoms with Gasteiger partial charge in [0.25, 0.3) is 5.69 Å². The number of nitrogens with one attached hydrogen (secondary N) is 1. The number of hydrogen-bond donors (Lipinski definition) is 2. The first-order chi connectivity index (χ1) is 7.29. The van der Waals surface area contributed by atoms with Gasteiger partial charge in [-0.25, -0.2) is 0 Å². The summed E-state index contributed by atoms with van der Waals surface area (Å²) in [5.41, 5.74) is 2.55. The second-order valence-corrected chi connectivity index (χ2v) is 3.23. The van der Waals surface area contributed by atoms with Gasteiger partial charge in [0.05, 0.1) is 0 Å². The van der Waals surface area contributed by atoms with E-state index in [9.17, 15) is 4.91 Å². The number of benzene rings is 2. The fraction of sp³-hybridized carbons (Fsp3) is 0. The summed E-state index contributed by atoms with van der Waals surface area (Å²) in [5.74, 6) is 0.247. The zero-order chi connectivity index (χ0) is 10.7. The van der Waals surface area contributed by atoms with Gasteiger partial charge in [-0.15, -0.1) is 0 Å². The van der Waals surface area contributed by atoms with Gasteiger partial charge in [0.15, 0.2) is 0 Å². The molecule has 0 bridgehead atoms. The fourth-order valence-corrected chi connectivity index (χ4v) is 1.38. The molecule has 0 fully saturated rings. The van der Waals surface area contributed by atoms with Crippen LogP contribution in [-0.2, 0) is 0 Å². The van der Waals surface area contributed by atoms with Gasteiger partial charge in [0.1, 0.15) is 5.75 Å². The summed E-state index contributed by atoms with van der Waals surface area (Å²) in [7, 11) is 0. The molecule has 3 heteroatoms. The molecule has 0 unspecified atom stereocenters. The van der Waals surface area contributed by atoms with Crippen LogP contribution in [0.2, 0.25) is 0 Å². The highest BCUT2D eigenvalue weighted by molar-refractivity contribution is 5.65. The highest BCUT2D eigenvalue weighted by Crippen LogP contribution is 2.22. The van der Waals surface area contributed by atoms with E-state index in [1.54, 1.807) is 24.3 Å². The summed E-state index contributed by atoms with van der Waals surface area (Å²) in [5, 5.41) is 11.0. The van der Waals surface area contributed by atoms with E-state index in [4.69, 9.17) is 5.11 Å². The van der Waals surface area contributed by atoms with Gasteiger partial charge in [-0.05, 0) is 35.4 Å². The predicted octanol–water partition coefficient (Wildman–Crippen LogP) is 1.54. The largest absolute Gasteiger partial charge is 0.508 e. The number of nitroso groups, excluding NO2 is 1. The summed E-state index contributed by atoms with van der Waals surface area (Å²) in [4.78, 5) is 10.3. The Hall–Kier alpha value is -2.16. The normalized spacial score (nSPS) is 9.87. The maximum Gasteiger partial charge on any atom is 0.253 e. The van der Waals surface area contributed by atoms with Crippen LogP contribution in [0.4, 0.5) is 5.69 Å². The summed E-state index contributed by atoms with van der Waals surface area (Å²) in [6, 6.07) is 14.1. The van der Waals surface area contributed by atoms with Crippen molar-refractivity contribution < 1.29 is 10.3 Å². The van der Waals surface area contributed by atoms with E-state index in [0.29, 0.717) is 5.69 Å². The molecule has 0 saturated carbocycles. The molecule has 0 radical (unpaired) electrons. The summed E-state index contributed by atoms with van der Waals surface area (Å²) in [6.07, 6.45) is 0. The van der Waals surface area contributed by atoms with Crippen LogP contribution in [0.3, 0.4) is 0 Å². The molecule has 3 nitrogen and oxygen atoms in total. The second kappa shape index (κ2) is 3.92. The molecular weight excluding hydrogens is 190 g/mol. The first kappa shape index (κ1) is 9.40. The Bertz CT molecular complexity index is 460. The Morgan fingerprint density at radius 1 is 0.800 bits per heavy atom. The third-order valence-electron chi connectivity index (χ3n) is 2.20. The molecule has 2 N–H and O–H groups in total. The molecule has 2 aromatic carbocycles. The van der Waals surface area contributed by atoms with E-state index in [1.807, 2.05) is 29.4 Å². The SMILES string of the molecule is O=[NH+]c1ccc(-c2ccc(O)cc2)cc1. The Morgan fingerprint density at radius 3 is 1.73 bits per heavy atom. The number of hydrogen-bond acceptors (Lipinski definition) is 2. The van der Waals surface area contributed by atoms with E-state index in [1.165, 1.54) is 0 Å². The van der Waals surface area contributed by atoms with Crippen molar-refractivity contribution in [3.05, 3.63) is 53.4 Å². The molecular formula is C12H10NO2+. The molecule has 0 aliphatic rings. The Labute approximate surface area is 87.0 Å². The summed E-state index contributed by atoms with van der Waals surface area (Å²) in [6.45, 7) is 0. The standard InChI is InChI=1S/C12H9NO2/c14-12-7-3-10(4-8-12)9-1-5-11(13-15)6-2-9/h1-8,14H/p+1. The van der Waals surface area contributed by atoms with Crippen LogP contribution < -0.4 is 5.18 Å². The molecule has 15 heavy (non-hydrogen) atoms. The third-order valence-corrected chi connectivity index (χ3v) is 2.20. The lowest BCUT2D eigenvalue weighted by Gasteiger charge is -2.00. The topological polar surface area (TPSA) is 51.3 Å². The molecule has 0 amide bonds. The summed E-state index contributed by atoms with van der Waals surface area (Å²) >= 11 is 0. The molecule has 0 saturated heterocycles. The molecule has 0 spiro atoms. The van der Waals surface area contributed by atoms with Crippen LogP contribution in [0.5, 0.6) is 5.75 Å². The molecule has 0 atom stereocenters. The minimum Gasteiger partial charge on any atom is -0.508 e. The van der Waals surface area contributed by atoms with Crippen molar-refractivity contribution in [3.8, 4) is 16.9 Å².